The lowest BCUT2D eigenvalue weighted by Gasteiger charge is -2.41. The first kappa shape index (κ1) is 13.5. The molecule has 2 aliphatic heterocycles. The van der Waals surface area contributed by atoms with Crippen LogP contribution in [0.25, 0.3) is 0 Å². The Bertz CT molecular complexity index is 321. The largest absolute Gasteiger partial charge is 0.312 e. The monoisotopic (exact) mass is 252 g/mol. The van der Waals surface area contributed by atoms with Crippen molar-refractivity contribution < 1.29 is 9.59 Å². The zero-order valence-electron chi connectivity index (χ0n) is 11.5. The van der Waals surface area contributed by atoms with Gasteiger partial charge in [0, 0.05) is 25.4 Å². The second kappa shape index (κ2) is 5.39. The van der Waals surface area contributed by atoms with Crippen LogP contribution in [0.3, 0.4) is 0 Å². The van der Waals surface area contributed by atoms with E-state index in [4.69, 9.17) is 0 Å². The van der Waals surface area contributed by atoms with Gasteiger partial charge < -0.3 is 5.32 Å². The third kappa shape index (κ3) is 2.91. The molecule has 0 saturated carbocycles. The van der Waals surface area contributed by atoms with E-state index >= 15 is 0 Å². The minimum absolute atomic E-state index is 0.0145. The zero-order valence-corrected chi connectivity index (χ0v) is 11.5. The molecular weight excluding hydrogens is 228 g/mol. The third-order valence-electron chi connectivity index (χ3n) is 4.33. The minimum Gasteiger partial charge on any atom is -0.312 e. The van der Waals surface area contributed by atoms with Gasteiger partial charge in [0.15, 0.2) is 0 Å². The van der Waals surface area contributed by atoms with Crippen LogP contribution in [-0.4, -0.2) is 35.8 Å². The fraction of sp³-hybridized carbons (Fsp3) is 0.857. The number of hydrogen-bond acceptors (Lipinski definition) is 3. The Labute approximate surface area is 109 Å². The summed E-state index contributed by atoms with van der Waals surface area (Å²) < 4.78 is 0. The van der Waals surface area contributed by atoms with E-state index in [1.807, 2.05) is 0 Å². The maximum Gasteiger partial charge on any atom is 0.229 e. The zero-order chi connectivity index (χ0) is 13.2. The molecule has 0 aromatic carbocycles. The van der Waals surface area contributed by atoms with E-state index in [1.54, 1.807) is 0 Å². The smallest absolute Gasteiger partial charge is 0.229 e. The van der Waals surface area contributed by atoms with Crippen LogP contribution >= 0.6 is 0 Å². The highest BCUT2D eigenvalue weighted by Gasteiger charge is 2.36. The van der Waals surface area contributed by atoms with Crippen molar-refractivity contribution in [3.63, 3.8) is 0 Å². The summed E-state index contributed by atoms with van der Waals surface area (Å²) in [5.74, 6) is 0.0290. The molecule has 0 aromatic rings. The van der Waals surface area contributed by atoms with Gasteiger partial charge in [-0.05, 0) is 37.6 Å². The Morgan fingerprint density at radius 1 is 1.17 bits per heavy atom. The number of rotatable bonds is 2. The predicted molar refractivity (Wildman–Crippen MR) is 70.0 cm³/mol. The Hall–Kier alpha value is -0.900. The maximum atomic E-state index is 12.0. The summed E-state index contributed by atoms with van der Waals surface area (Å²) in [6.45, 7) is 5.97. The molecule has 2 heterocycles. The minimum atomic E-state index is 0.0145. The molecule has 18 heavy (non-hydrogen) atoms. The highest BCUT2D eigenvalue weighted by atomic mass is 16.2. The highest BCUT2D eigenvalue weighted by molar-refractivity contribution is 5.96. The Morgan fingerprint density at radius 2 is 1.78 bits per heavy atom. The molecule has 2 rings (SSSR count). The molecule has 2 aliphatic rings. The van der Waals surface area contributed by atoms with Crippen LogP contribution in [0, 0.1) is 5.41 Å². The van der Waals surface area contributed by atoms with Crippen molar-refractivity contribution in [2.45, 2.75) is 58.4 Å². The van der Waals surface area contributed by atoms with Gasteiger partial charge in [-0.3, -0.25) is 14.5 Å². The van der Waals surface area contributed by atoms with E-state index in [0.29, 0.717) is 19.4 Å². The molecule has 102 valence electrons. The van der Waals surface area contributed by atoms with Gasteiger partial charge in [-0.25, -0.2) is 0 Å². The quantitative estimate of drug-likeness (QED) is 0.761. The Kier molecular flexibility index (Phi) is 4.05. The molecule has 0 spiro atoms. The number of hydrogen-bond donors (Lipinski definition) is 1. The molecule has 0 radical (unpaired) electrons. The van der Waals surface area contributed by atoms with Crippen molar-refractivity contribution in [1.29, 1.82) is 0 Å². The molecule has 1 unspecified atom stereocenters. The van der Waals surface area contributed by atoms with Crippen LogP contribution in [0.4, 0.5) is 0 Å². The Morgan fingerprint density at radius 3 is 2.33 bits per heavy atom. The maximum absolute atomic E-state index is 12.0. The lowest BCUT2D eigenvalue weighted by atomic mass is 9.77. The number of carbonyl (C=O) groups is 2. The lowest BCUT2D eigenvalue weighted by Crippen LogP contribution is -2.54. The van der Waals surface area contributed by atoms with Gasteiger partial charge in [0.05, 0.1) is 0 Å². The summed E-state index contributed by atoms with van der Waals surface area (Å²) in [4.78, 5) is 25.5. The van der Waals surface area contributed by atoms with Crippen LogP contribution in [0.5, 0.6) is 0 Å². The van der Waals surface area contributed by atoms with Crippen molar-refractivity contribution in [1.82, 2.24) is 10.2 Å². The van der Waals surface area contributed by atoms with Gasteiger partial charge in [-0.1, -0.05) is 13.8 Å². The van der Waals surface area contributed by atoms with Crippen molar-refractivity contribution in [2.24, 2.45) is 5.41 Å². The van der Waals surface area contributed by atoms with Gasteiger partial charge >= 0.3 is 0 Å². The molecule has 1 N–H and O–H groups in total. The van der Waals surface area contributed by atoms with Crippen LogP contribution in [0.2, 0.25) is 0 Å². The number of nitrogens with one attached hydrogen (secondary N) is 1. The van der Waals surface area contributed by atoms with Crippen LogP contribution in [0.15, 0.2) is 0 Å². The van der Waals surface area contributed by atoms with Crippen molar-refractivity contribution in [3.8, 4) is 0 Å². The van der Waals surface area contributed by atoms with Crippen molar-refractivity contribution in [3.05, 3.63) is 0 Å². The van der Waals surface area contributed by atoms with Gasteiger partial charge in [0.1, 0.15) is 0 Å². The topological polar surface area (TPSA) is 49.4 Å². The summed E-state index contributed by atoms with van der Waals surface area (Å²) in [6, 6.07) is 0.234. The third-order valence-corrected chi connectivity index (χ3v) is 4.33. The molecule has 2 amide bonds. The summed E-state index contributed by atoms with van der Waals surface area (Å²) in [6.07, 6.45) is 5.08. The molecule has 2 fully saturated rings. The predicted octanol–water partition coefficient (Wildman–Crippen LogP) is 1.69. The van der Waals surface area contributed by atoms with E-state index in [-0.39, 0.29) is 23.3 Å². The second-order valence-electron chi connectivity index (χ2n) is 6.20. The average Bonchev–Trinajstić information content (AvgIpc) is 2.46. The second-order valence-corrected chi connectivity index (χ2v) is 6.20. The molecule has 4 heteroatoms. The van der Waals surface area contributed by atoms with Gasteiger partial charge in [0.2, 0.25) is 11.8 Å². The number of carbonyl (C=O) groups excluding carboxylic acids is 2. The van der Waals surface area contributed by atoms with Crippen LogP contribution < -0.4 is 5.32 Å². The fourth-order valence-corrected chi connectivity index (χ4v) is 2.93. The number of nitrogens with zero attached hydrogens (tertiary/aromatic N) is 1. The normalized spacial score (nSPS) is 29.2. The standard InChI is InChI=1S/C14H24N2O2/c1-14(2)8-5-9-15-11(14)10-16-12(17)6-3-4-7-13(16)18/h11,15H,3-10H2,1-2H3. The number of likely N-dealkylation sites (tertiary alicyclic amines) is 1. The lowest BCUT2D eigenvalue weighted by molar-refractivity contribution is -0.144. The summed E-state index contributed by atoms with van der Waals surface area (Å²) in [7, 11) is 0. The molecule has 0 bridgehead atoms. The Balaban J connectivity index is 2.06. The molecule has 0 aliphatic carbocycles. The highest BCUT2D eigenvalue weighted by Crippen LogP contribution is 2.31. The van der Waals surface area contributed by atoms with Gasteiger partial charge in [-0.15, -0.1) is 0 Å². The number of imide groups is 1. The number of piperidine rings is 1. The summed E-state index contributed by atoms with van der Waals surface area (Å²) in [5.41, 5.74) is 0.158. The van der Waals surface area contributed by atoms with E-state index in [9.17, 15) is 9.59 Å². The summed E-state index contributed by atoms with van der Waals surface area (Å²) in [5, 5.41) is 3.47. The first-order valence-corrected chi connectivity index (χ1v) is 7.07. The number of amides is 2. The molecule has 1 atom stereocenters. The van der Waals surface area contributed by atoms with Crippen LogP contribution in [-0.2, 0) is 9.59 Å². The van der Waals surface area contributed by atoms with Crippen LogP contribution in [0.1, 0.15) is 52.4 Å². The summed E-state index contributed by atoms with van der Waals surface area (Å²) >= 11 is 0. The SMILES string of the molecule is CC1(C)CCCNC1CN1C(=O)CCCCC1=O. The first-order chi connectivity index (χ1) is 8.50. The van der Waals surface area contributed by atoms with E-state index < -0.39 is 0 Å². The molecule has 0 aromatic heterocycles. The van der Waals surface area contributed by atoms with Crippen molar-refractivity contribution in [2.75, 3.05) is 13.1 Å². The molecule has 2 saturated heterocycles. The van der Waals surface area contributed by atoms with Gasteiger partial charge in [-0.2, -0.15) is 0 Å². The average molecular weight is 252 g/mol. The fourth-order valence-electron chi connectivity index (χ4n) is 2.93. The first-order valence-electron chi connectivity index (χ1n) is 7.07. The van der Waals surface area contributed by atoms with E-state index in [0.717, 1.165) is 25.8 Å². The van der Waals surface area contributed by atoms with E-state index in [1.165, 1.54) is 11.3 Å². The molecule has 4 nitrogen and oxygen atoms in total. The van der Waals surface area contributed by atoms with Crippen molar-refractivity contribution >= 4 is 11.8 Å². The van der Waals surface area contributed by atoms with E-state index in [2.05, 4.69) is 19.2 Å². The van der Waals surface area contributed by atoms with Gasteiger partial charge in [0.25, 0.3) is 0 Å². The molecular formula is C14H24N2O2.